The van der Waals surface area contributed by atoms with Crippen molar-refractivity contribution in [2.75, 3.05) is 6.79 Å². The molecule has 0 spiro atoms. The van der Waals surface area contributed by atoms with Crippen LogP contribution in [-0.2, 0) is 6.61 Å². The molecular formula is C13H16O4. The van der Waals surface area contributed by atoms with Gasteiger partial charge in [0, 0.05) is 11.6 Å². The molecule has 2 aliphatic rings. The molecule has 3 rings (SSSR count). The molecule has 1 heterocycles. The zero-order valence-electron chi connectivity index (χ0n) is 9.65. The van der Waals surface area contributed by atoms with Crippen molar-refractivity contribution in [1.82, 2.24) is 0 Å². The van der Waals surface area contributed by atoms with Crippen LogP contribution in [0.15, 0.2) is 12.1 Å². The van der Waals surface area contributed by atoms with Crippen molar-refractivity contribution in [3.63, 3.8) is 0 Å². The van der Waals surface area contributed by atoms with Gasteiger partial charge in [-0.25, -0.2) is 0 Å². The number of hydrogen-bond acceptors (Lipinski definition) is 4. The lowest BCUT2D eigenvalue weighted by Gasteiger charge is -2.16. The van der Waals surface area contributed by atoms with Gasteiger partial charge < -0.3 is 19.3 Å². The lowest BCUT2D eigenvalue weighted by atomic mass is 10.2. The van der Waals surface area contributed by atoms with Gasteiger partial charge in [0.05, 0.1) is 12.7 Å². The van der Waals surface area contributed by atoms with Gasteiger partial charge in [-0.05, 0) is 31.7 Å². The van der Waals surface area contributed by atoms with Crippen molar-refractivity contribution in [2.24, 2.45) is 0 Å². The molecule has 1 aromatic rings. The molecule has 0 atom stereocenters. The van der Waals surface area contributed by atoms with Gasteiger partial charge in [-0.15, -0.1) is 0 Å². The first-order valence-electron chi connectivity index (χ1n) is 6.07. The third-order valence-corrected chi connectivity index (χ3v) is 3.32. The van der Waals surface area contributed by atoms with Crippen LogP contribution >= 0.6 is 0 Å². The van der Waals surface area contributed by atoms with Crippen LogP contribution < -0.4 is 14.2 Å². The second-order valence-corrected chi connectivity index (χ2v) is 4.50. The molecule has 0 radical (unpaired) electrons. The van der Waals surface area contributed by atoms with Crippen LogP contribution in [0.5, 0.6) is 17.2 Å². The molecule has 1 aliphatic heterocycles. The van der Waals surface area contributed by atoms with Crippen molar-refractivity contribution in [2.45, 2.75) is 38.4 Å². The van der Waals surface area contributed by atoms with Gasteiger partial charge in [-0.1, -0.05) is 0 Å². The number of aliphatic hydroxyl groups is 1. The van der Waals surface area contributed by atoms with Crippen molar-refractivity contribution in [3.8, 4) is 17.2 Å². The zero-order chi connectivity index (χ0) is 11.7. The fourth-order valence-electron chi connectivity index (χ4n) is 2.38. The highest BCUT2D eigenvalue weighted by Gasteiger charge is 2.21. The largest absolute Gasteiger partial charge is 0.490 e. The number of fused-ring (bicyclic) bond motifs is 1. The third kappa shape index (κ3) is 2.05. The summed E-state index contributed by atoms with van der Waals surface area (Å²) in [5.41, 5.74) is 0.765. The van der Waals surface area contributed by atoms with Crippen LogP contribution in [0.1, 0.15) is 31.2 Å². The average Bonchev–Trinajstić information content (AvgIpc) is 2.98. The molecule has 1 fully saturated rings. The van der Waals surface area contributed by atoms with Gasteiger partial charge in [0.2, 0.25) is 6.79 Å². The van der Waals surface area contributed by atoms with Crippen molar-refractivity contribution >= 4 is 0 Å². The molecule has 92 valence electrons. The second-order valence-electron chi connectivity index (χ2n) is 4.50. The molecule has 4 heteroatoms. The molecule has 0 aromatic heterocycles. The van der Waals surface area contributed by atoms with E-state index in [1.165, 1.54) is 12.8 Å². The Balaban J connectivity index is 1.86. The van der Waals surface area contributed by atoms with E-state index in [-0.39, 0.29) is 19.5 Å². The minimum absolute atomic E-state index is 0.0430. The summed E-state index contributed by atoms with van der Waals surface area (Å²) in [6.45, 7) is 0.200. The summed E-state index contributed by atoms with van der Waals surface area (Å²) in [7, 11) is 0. The van der Waals surface area contributed by atoms with E-state index < -0.39 is 0 Å². The predicted molar refractivity (Wildman–Crippen MR) is 61.4 cm³/mol. The highest BCUT2D eigenvalue weighted by atomic mass is 16.7. The van der Waals surface area contributed by atoms with E-state index in [1.54, 1.807) is 6.07 Å². The minimum Gasteiger partial charge on any atom is -0.490 e. The van der Waals surface area contributed by atoms with Crippen LogP contribution in [0.25, 0.3) is 0 Å². The average molecular weight is 236 g/mol. The van der Waals surface area contributed by atoms with Gasteiger partial charge in [-0.3, -0.25) is 0 Å². The Morgan fingerprint density at radius 1 is 1.18 bits per heavy atom. The lowest BCUT2D eigenvalue weighted by Crippen LogP contribution is -2.12. The normalized spacial score (nSPS) is 18.6. The monoisotopic (exact) mass is 236 g/mol. The fraction of sp³-hybridized carbons (Fsp3) is 0.538. The maximum atomic E-state index is 9.35. The molecule has 1 aliphatic carbocycles. The maximum absolute atomic E-state index is 9.35. The Kier molecular flexibility index (Phi) is 2.81. The molecule has 0 bridgehead atoms. The Hall–Kier alpha value is -1.42. The first-order chi connectivity index (χ1) is 8.36. The van der Waals surface area contributed by atoms with Gasteiger partial charge >= 0.3 is 0 Å². The number of ether oxygens (including phenoxy) is 3. The molecule has 17 heavy (non-hydrogen) atoms. The molecule has 1 aromatic carbocycles. The summed E-state index contributed by atoms with van der Waals surface area (Å²) in [6.07, 6.45) is 4.92. The number of rotatable bonds is 3. The van der Waals surface area contributed by atoms with E-state index >= 15 is 0 Å². The summed E-state index contributed by atoms with van der Waals surface area (Å²) < 4.78 is 16.5. The SMILES string of the molecule is OCc1cc2c(cc1OC1CCCC1)OCO2. The summed E-state index contributed by atoms with van der Waals surface area (Å²) in [4.78, 5) is 0. The summed E-state index contributed by atoms with van der Waals surface area (Å²) in [5, 5.41) is 9.35. The van der Waals surface area contributed by atoms with Crippen LogP contribution in [0.3, 0.4) is 0 Å². The van der Waals surface area contributed by atoms with E-state index in [0.29, 0.717) is 11.5 Å². The zero-order valence-corrected chi connectivity index (χ0v) is 9.65. The molecule has 4 nitrogen and oxygen atoms in total. The lowest BCUT2D eigenvalue weighted by molar-refractivity contribution is 0.173. The topological polar surface area (TPSA) is 47.9 Å². The van der Waals surface area contributed by atoms with Crippen molar-refractivity contribution in [1.29, 1.82) is 0 Å². The first-order valence-corrected chi connectivity index (χ1v) is 6.07. The Morgan fingerprint density at radius 3 is 2.59 bits per heavy atom. The number of benzene rings is 1. The molecule has 0 amide bonds. The molecular weight excluding hydrogens is 220 g/mol. The molecule has 1 saturated carbocycles. The number of hydrogen-bond donors (Lipinski definition) is 1. The highest BCUT2D eigenvalue weighted by molar-refractivity contribution is 5.51. The predicted octanol–water partition coefficient (Wildman–Crippen LogP) is 2.23. The third-order valence-electron chi connectivity index (χ3n) is 3.32. The van der Waals surface area contributed by atoms with E-state index in [2.05, 4.69) is 0 Å². The van der Waals surface area contributed by atoms with Gasteiger partial charge in [0.15, 0.2) is 11.5 Å². The van der Waals surface area contributed by atoms with Crippen LogP contribution in [0, 0.1) is 0 Å². The van der Waals surface area contributed by atoms with Crippen LogP contribution in [-0.4, -0.2) is 18.0 Å². The molecule has 0 unspecified atom stereocenters. The molecule has 1 N–H and O–H groups in total. The van der Waals surface area contributed by atoms with E-state index in [4.69, 9.17) is 14.2 Å². The summed E-state index contributed by atoms with van der Waals surface area (Å²) in [5.74, 6) is 2.12. The minimum atomic E-state index is -0.0430. The molecule has 0 saturated heterocycles. The van der Waals surface area contributed by atoms with Gasteiger partial charge in [0.1, 0.15) is 5.75 Å². The summed E-state index contributed by atoms with van der Waals surface area (Å²) in [6, 6.07) is 3.62. The van der Waals surface area contributed by atoms with E-state index in [1.807, 2.05) is 6.07 Å². The Bertz CT molecular complexity index is 410. The highest BCUT2D eigenvalue weighted by Crippen LogP contribution is 2.39. The number of aliphatic hydroxyl groups excluding tert-OH is 1. The second kappa shape index (κ2) is 4.45. The first kappa shape index (κ1) is 10.7. The standard InChI is InChI=1S/C13H16O4/c14-7-9-5-12-13(16-8-15-12)6-11(9)17-10-3-1-2-4-10/h5-6,10,14H,1-4,7-8H2. The van der Waals surface area contributed by atoms with E-state index in [0.717, 1.165) is 24.2 Å². The quantitative estimate of drug-likeness (QED) is 0.874. The van der Waals surface area contributed by atoms with Crippen LogP contribution in [0.2, 0.25) is 0 Å². The van der Waals surface area contributed by atoms with E-state index in [9.17, 15) is 5.11 Å². The Labute approximate surface area is 100 Å². The van der Waals surface area contributed by atoms with Gasteiger partial charge in [0.25, 0.3) is 0 Å². The summed E-state index contributed by atoms with van der Waals surface area (Å²) >= 11 is 0. The van der Waals surface area contributed by atoms with Crippen molar-refractivity contribution < 1.29 is 19.3 Å². The van der Waals surface area contributed by atoms with Gasteiger partial charge in [-0.2, -0.15) is 0 Å². The smallest absolute Gasteiger partial charge is 0.231 e. The van der Waals surface area contributed by atoms with Crippen LogP contribution in [0.4, 0.5) is 0 Å². The van der Waals surface area contributed by atoms with Crippen molar-refractivity contribution in [3.05, 3.63) is 17.7 Å². The Morgan fingerprint density at radius 2 is 1.88 bits per heavy atom. The fourth-order valence-corrected chi connectivity index (χ4v) is 2.38. The maximum Gasteiger partial charge on any atom is 0.231 e.